The summed E-state index contributed by atoms with van der Waals surface area (Å²) in [6.45, 7) is 0. The normalized spacial score (nSPS) is 19.3. The Morgan fingerprint density at radius 1 is 1.45 bits per heavy atom. The van der Waals surface area contributed by atoms with Gasteiger partial charge in [-0.3, -0.25) is 0 Å². The highest BCUT2D eigenvalue weighted by Crippen LogP contribution is 2.31. The van der Waals surface area contributed by atoms with Crippen LogP contribution in [-0.2, 0) is 0 Å². The van der Waals surface area contributed by atoms with E-state index in [0.717, 1.165) is 5.82 Å². The van der Waals surface area contributed by atoms with Crippen LogP contribution < -0.4 is 0 Å². The minimum absolute atomic E-state index is 0.326. The van der Waals surface area contributed by atoms with Crippen LogP contribution in [0.3, 0.4) is 0 Å². The molecule has 2 rings (SSSR count). The Labute approximate surface area is 69.8 Å². The van der Waals surface area contributed by atoms with Crippen molar-refractivity contribution in [2.45, 2.75) is 31.6 Å². The molecule has 1 heterocycles. The molecule has 4 heteroatoms. The monoisotopic (exact) mass is 170 g/mol. The van der Waals surface area contributed by atoms with Crippen molar-refractivity contribution < 1.29 is 4.52 Å². The highest BCUT2D eigenvalue weighted by atomic mass is 32.1. The Morgan fingerprint density at radius 2 is 2.18 bits per heavy atom. The molecule has 0 amide bonds. The maximum atomic E-state index is 4.86. The summed E-state index contributed by atoms with van der Waals surface area (Å²) in [4.78, 5) is 4.41. The van der Waals surface area contributed by atoms with Crippen LogP contribution in [0.25, 0.3) is 0 Å². The smallest absolute Gasteiger partial charge is 0.314 e. The number of aromatic nitrogens is 2. The molecule has 0 unspecified atom stereocenters. The van der Waals surface area contributed by atoms with E-state index in [1.807, 2.05) is 0 Å². The van der Waals surface area contributed by atoms with Gasteiger partial charge in [0.25, 0.3) is 0 Å². The van der Waals surface area contributed by atoms with Crippen molar-refractivity contribution in [2.24, 2.45) is 0 Å². The van der Waals surface area contributed by atoms with Gasteiger partial charge in [-0.1, -0.05) is 12.8 Å². The highest BCUT2D eigenvalue weighted by molar-refractivity contribution is 7.71. The van der Waals surface area contributed by atoms with Gasteiger partial charge in [0.1, 0.15) is 5.82 Å². The Hall–Kier alpha value is -0.640. The van der Waals surface area contributed by atoms with Crippen molar-refractivity contribution in [3.63, 3.8) is 0 Å². The number of nitrogens with one attached hydrogen (secondary N) is 1. The van der Waals surface area contributed by atoms with Crippen molar-refractivity contribution in [1.29, 1.82) is 0 Å². The molecule has 11 heavy (non-hydrogen) atoms. The van der Waals surface area contributed by atoms with Crippen molar-refractivity contribution in [3.05, 3.63) is 10.7 Å². The molecule has 1 aromatic heterocycles. The summed E-state index contributed by atoms with van der Waals surface area (Å²) in [7, 11) is 0. The van der Waals surface area contributed by atoms with Gasteiger partial charge in [-0.15, -0.1) is 0 Å². The fourth-order valence-electron chi connectivity index (χ4n) is 1.61. The minimum atomic E-state index is 0.326. The molecule has 3 nitrogen and oxygen atoms in total. The van der Waals surface area contributed by atoms with Crippen LogP contribution in [0, 0.1) is 4.84 Å². The third-order valence-corrected chi connectivity index (χ3v) is 2.37. The van der Waals surface area contributed by atoms with Gasteiger partial charge in [0.05, 0.1) is 0 Å². The van der Waals surface area contributed by atoms with Crippen molar-refractivity contribution in [2.75, 3.05) is 0 Å². The van der Waals surface area contributed by atoms with E-state index in [1.54, 1.807) is 0 Å². The first-order valence-corrected chi connectivity index (χ1v) is 4.32. The first-order valence-electron chi connectivity index (χ1n) is 3.91. The zero-order valence-corrected chi connectivity index (χ0v) is 6.99. The molecule has 0 spiro atoms. The van der Waals surface area contributed by atoms with E-state index in [9.17, 15) is 0 Å². The van der Waals surface area contributed by atoms with Crippen molar-refractivity contribution >= 4 is 12.2 Å². The molecule has 0 saturated heterocycles. The van der Waals surface area contributed by atoms with Gasteiger partial charge < -0.3 is 4.52 Å². The lowest BCUT2D eigenvalue weighted by Crippen LogP contribution is -1.93. The molecule has 0 aromatic carbocycles. The summed E-state index contributed by atoms with van der Waals surface area (Å²) in [6, 6.07) is 0. The third kappa shape index (κ3) is 1.35. The number of rotatable bonds is 1. The van der Waals surface area contributed by atoms with E-state index in [4.69, 9.17) is 16.7 Å². The van der Waals surface area contributed by atoms with Crippen LogP contribution in [0.4, 0.5) is 0 Å². The van der Waals surface area contributed by atoms with Crippen LogP contribution in [0.5, 0.6) is 0 Å². The molecule has 0 radical (unpaired) electrons. The fraction of sp³-hybridized carbons (Fsp3) is 0.714. The van der Waals surface area contributed by atoms with Gasteiger partial charge in [0.15, 0.2) is 0 Å². The number of hydrogen-bond acceptors (Lipinski definition) is 3. The van der Waals surface area contributed by atoms with Gasteiger partial charge in [-0.05, 0) is 25.1 Å². The molecule has 0 bridgehead atoms. The number of hydrogen-bond donors (Lipinski definition) is 1. The lowest BCUT2D eigenvalue weighted by atomic mass is 10.1. The van der Waals surface area contributed by atoms with Crippen molar-refractivity contribution in [3.8, 4) is 0 Å². The Morgan fingerprint density at radius 3 is 2.73 bits per heavy atom. The first-order chi connectivity index (χ1) is 5.36. The maximum absolute atomic E-state index is 4.86. The first kappa shape index (κ1) is 7.03. The molecule has 1 aliphatic rings. The molecule has 1 saturated carbocycles. The summed E-state index contributed by atoms with van der Waals surface area (Å²) >= 11 is 4.76. The van der Waals surface area contributed by atoms with E-state index in [0.29, 0.717) is 10.8 Å². The van der Waals surface area contributed by atoms with E-state index >= 15 is 0 Å². The predicted octanol–water partition coefficient (Wildman–Crippen LogP) is 2.39. The van der Waals surface area contributed by atoms with Crippen LogP contribution >= 0.6 is 12.2 Å². The van der Waals surface area contributed by atoms with Crippen LogP contribution in [0.1, 0.15) is 37.4 Å². The maximum Gasteiger partial charge on any atom is 0.314 e. The van der Waals surface area contributed by atoms with E-state index in [1.165, 1.54) is 25.7 Å². The van der Waals surface area contributed by atoms with Crippen LogP contribution in [0.2, 0.25) is 0 Å². The molecule has 0 atom stereocenters. The molecular weight excluding hydrogens is 160 g/mol. The van der Waals surface area contributed by atoms with Crippen molar-refractivity contribution in [1.82, 2.24) is 10.1 Å². The van der Waals surface area contributed by atoms with Gasteiger partial charge in [-0.2, -0.15) is 4.98 Å². The standard InChI is InChI=1S/C7H10N2OS/c11-7-8-6(9-10-7)5-3-1-2-4-5/h5H,1-4H2,(H,8,9,11). The lowest BCUT2D eigenvalue weighted by molar-refractivity contribution is 0.393. The van der Waals surface area contributed by atoms with E-state index in [2.05, 4.69) is 10.1 Å². The summed E-state index contributed by atoms with van der Waals surface area (Å²) in [5, 5.41) is 2.76. The van der Waals surface area contributed by atoms with E-state index in [-0.39, 0.29) is 0 Å². The quantitative estimate of drug-likeness (QED) is 0.658. The average Bonchev–Trinajstić information content (AvgIpc) is 2.55. The molecule has 0 aliphatic heterocycles. The SMILES string of the molecule is S=c1nc(C2CCCC2)[nH]o1. The van der Waals surface area contributed by atoms with E-state index < -0.39 is 0 Å². The highest BCUT2D eigenvalue weighted by Gasteiger charge is 2.19. The van der Waals surface area contributed by atoms with Gasteiger partial charge in [-0.25, -0.2) is 5.16 Å². The van der Waals surface area contributed by atoms with Crippen LogP contribution in [0.15, 0.2) is 4.52 Å². The molecule has 1 fully saturated rings. The second kappa shape index (κ2) is 2.77. The topological polar surface area (TPSA) is 41.8 Å². The van der Waals surface area contributed by atoms with Gasteiger partial charge >= 0.3 is 4.84 Å². The van der Waals surface area contributed by atoms with Crippen LogP contribution in [-0.4, -0.2) is 10.1 Å². The fourth-order valence-corrected chi connectivity index (χ4v) is 1.75. The second-order valence-electron chi connectivity index (χ2n) is 2.95. The second-order valence-corrected chi connectivity index (χ2v) is 3.30. The Balaban J connectivity index is 2.21. The lowest BCUT2D eigenvalue weighted by Gasteiger charge is -2.00. The molecule has 1 aliphatic carbocycles. The zero-order chi connectivity index (χ0) is 7.68. The Kier molecular flexibility index (Phi) is 1.77. The van der Waals surface area contributed by atoms with Gasteiger partial charge in [0, 0.05) is 5.92 Å². The zero-order valence-electron chi connectivity index (χ0n) is 6.17. The van der Waals surface area contributed by atoms with Gasteiger partial charge in [0.2, 0.25) is 0 Å². The molecule has 60 valence electrons. The molecular formula is C7H10N2OS. The summed E-state index contributed by atoms with van der Waals surface area (Å²) in [5.74, 6) is 1.50. The third-order valence-electron chi connectivity index (χ3n) is 2.20. The summed E-state index contributed by atoms with van der Waals surface area (Å²) in [6.07, 6.45) is 5.05. The number of aromatic amines is 1. The molecule has 1 aromatic rings. The number of H-pyrrole nitrogens is 1. The summed E-state index contributed by atoms with van der Waals surface area (Å²) in [5.41, 5.74) is 0. The summed E-state index contributed by atoms with van der Waals surface area (Å²) < 4.78 is 4.86. The Bertz CT molecular complexity index is 285. The largest absolute Gasteiger partial charge is 0.348 e. The predicted molar refractivity (Wildman–Crippen MR) is 42.9 cm³/mol. The minimum Gasteiger partial charge on any atom is -0.348 e. The number of nitrogens with zero attached hydrogens (tertiary/aromatic N) is 1. The molecule has 1 N–H and O–H groups in total. The average molecular weight is 170 g/mol.